The molecule has 0 amide bonds. The molecule has 2 aromatic carbocycles. The van der Waals surface area contributed by atoms with Crippen LogP contribution >= 0.6 is 11.6 Å². The highest BCUT2D eigenvalue weighted by atomic mass is 35.5. The lowest BCUT2D eigenvalue weighted by Crippen LogP contribution is -2.40. The molecule has 0 atom stereocenters. The first-order chi connectivity index (χ1) is 11.8. The second-order valence-electron chi connectivity index (χ2n) is 6.14. The molecule has 0 saturated carbocycles. The van der Waals surface area contributed by atoms with Crippen molar-refractivity contribution in [1.29, 1.82) is 0 Å². The van der Waals surface area contributed by atoms with Gasteiger partial charge in [-0.2, -0.15) is 4.57 Å². The van der Waals surface area contributed by atoms with Crippen LogP contribution in [-0.4, -0.2) is 13.1 Å². The Balaban J connectivity index is 1.80. The van der Waals surface area contributed by atoms with Gasteiger partial charge in [-0.15, -0.1) is 0 Å². The average molecular weight is 340 g/mol. The Hall–Kier alpha value is -2.26. The molecule has 0 spiro atoms. The predicted octanol–water partition coefficient (Wildman–Crippen LogP) is 4.87. The smallest absolute Gasteiger partial charge is 0.387 e. The molecule has 4 heteroatoms. The molecule has 0 unspecified atom stereocenters. The van der Waals surface area contributed by atoms with Crippen molar-refractivity contribution in [2.75, 3.05) is 18.0 Å². The van der Waals surface area contributed by atoms with Crippen molar-refractivity contribution in [3.63, 3.8) is 0 Å². The summed E-state index contributed by atoms with van der Waals surface area (Å²) in [6, 6.07) is 19.0. The average Bonchev–Trinajstić information content (AvgIpc) is 3.09. The first-order valence-corrected chi connectivity index (χ1v) is 8.81. The molecule has 122 valence electrons. The lowest BCUT2D eigenvalue weighted by molar-refractivity contribution is -0.584. The standard InChI is InChI=1S/C20H20ClN2O/c21-17-9-11-18(12-10-17)23-15-19(16-7-3-1-4-8-16)24-20(23)22-13-5-2-6-14-22/h1,3-4,7-12,15H,2,5-6,13-14H2/q+1. The maximum Gasteiger partial charge on any atom is 0.462 e. The van der Waals surface area contributed by atoms with E-state index in [9.17, 15) is 0 Å². The summed E-state index contributed by atoms with van der Waals surface area (Å²) in [5.74, 6) is 0.881. The summed E-state index contributed by atoms with van der Waals surface area (Å²) in [5, 5.41) is 0.741. The molecule has 0 aliphatic carbocycles. The topological polar surface area (TPSA) is 20.3 Å². The molecule has 1 aromatic heterocycles. The zero-order chi connectivity index (χ0) is 16.4. The van der Waals surface area contributed by atoms with Gasteiger partial charge in [0.2, 0.25) is 0 Å². The van der Waals surface area contributed by atoms with Crippen LogP contribution < -0.4 is 9.47 Å². The number of oxazole rings is 1. The van der Waals surface area contributed by atoms with E-state index in [2.05, 4.69) is 27.8 Å². The fourth-order valence-corrected chi connectivity index (χ4v) is 3.30. The molecule has 0 N–H and O–H groups in total. The number of anilines is 1. The lowest BCUT2D eigenvalue weighted by atomic mass is 10.1. The van der Waals surface area contributed by atoms with E-state index in [1.165, 1.54) is 19.3 Å². The Morgan fingerprint density at radius 3 is 2.29 bits per heavy atom. The Kier molecular flexibility index (Phi) is 4.26. The van der Waals surface area contributed by atoms with E-state index in [0.29, 0.717) is 0 Å². The largest absolute Gasteiger partial charge is 0.462 e. The highest BCUT2D eigenvalue weighted by Crippen LogP contribution is 2.26. The second kappa shape index (κ2) is 6.70. The van der Waals surface area contributed by atoms with Gasteiger partial charge in [0.05, 0.1) is 13.1 Å². The van der Waals surface area contributed by atoms with Gasteiger partial charge < -0.3 is 4.42 Å². The van der Waals surface area contributed by atoms with E-state index in [-0.39, 0.29) is 0 Å². The van der Waals surface area contributed by atoms with Crippen LogP contribution in [0.3, 0.4) is 0 Å². The van der Waals surface area contributed by atoms with Gasteiger partial charge in [-0.05, 0) is 43.5 Å². The molecule has 1 saturated heterocycles. The van der Waals surface area contributed by atoms with Crippen molar-refractivity contribution in [2.24, 2.45) is 0 Å². The number of nitrogens with zero attached hydrogens (tertiary/aromatic N) is 2. The zero-order valence-corrected chi connectivity index (χ0v) is 14.2. The van der Waals surface area contributed by atoms with E-state index < -0.39 is 0 Å². The normalized spacial score (nSPS) is 14.8. The van der Waals surface area contributed by atoms with Gasteiger partial charge in [-0.3, -0.25) is 0 Å². The summed E-state index contributed by atoms with van der Waals surface area (Å²) in [4.78, 5) is 2.34. The highest BCUT2D eigenvalue weighted by Gasteiger charge is 2.29. The van der Waals surface area contributed by atoms with Crippen LogP contribution in [0.2, 0.25) is 5.02 Å². The van der Waals surface area contributed by atoms with Gasteiger partial charge in [0.1, 0.15) is 11.9 Å². The van der Waals surface area contributed by atoms with Crippen molar-refractivity contribution in [3.05, 3.63) is 65.8 Å². The van der Waals surface area contributed by atoms with Gasteiger partial charge in [0, 0.05) is 10.6 Å². The molecule has 1 aliphatic heterocycles. The van der Waals surface area contributed by atoms with E-state index >= 15 is 0 Å². The zero-order valence-electron chi connectivity index (χ0n) is 13.5. The molecule has 1 fully saturated rings. The molecule has 0 bridgehead atoms. The summed E-state index contributed by atoms with van der Waals surface area (Å²) < 4.78 is 8.41. The van der Waals surface area contributed by atoms with Crippen LogP contribution in [0, 0.1) is 0 Å². The number of halogens is 1. The Morgan fingerprint density at radius 2 is 1.58 bits per heavy atom. The van der Waals surface area contributed by atoms with Crippen molar-refractivity contribution in [2.45, 2.75) is 19.3 Å². The minimum absolute atomic E-state index is 0.741. The molecule has 1 aliphatic rings. The monoisotopic (exact) mass is 339 g/mol. The Morgan fingerprint density at radius 1 is 0.875 bits per heavy atom. The lowest BCUT2D eigenvalue weighted by Gasteiger charge is -2.19. The highest BCUT2D eigenvalue weighted by molar-refractivity contribution is 6.30. The Labute approximate surface area is 147 Å². The summed E-state index contributed by atoms with van der Waals surface area (Å²) >= 11 is 6.05. The summed E-state index contributed by atoms with van der Waals surface area (Å²) in [6.07, 6.45) is 5.79. The van der Waals surface area contributed by atoms with Crippen LogP contribution in [0.5, 0.6) is 0 Å². The van der Waals surface area contributed by atoms with E-state index in [4.69, 9.17) is 16.0 Å². The van der Waals surface area contributed by atoms with E-state index in [1.54, 1.807) is 0 Å². The minimum Gasteiger partial charge on any atom is -0.387 e. The number of hydrogen-bond acceptors (Lipinski definition) is 2. The van der Waals surface area contributed by atoms with Crippen molar-refractivity contribution < 1.29 is 8.98 Å². The number of benzene rings is 2. The van der Waals surface area contributed by atoms with Crippen LogP contribution in [-0.2, 0) is 0 Å². The first-order valence-electron chi connectivity index (χ1n) is 8.43. The van der Waals surface area contributed by atoms with Crippen LogP contribution in [0.15, 0.2) is 65.2 Å². The van der Waals surface area contributed by atoms with E-state index in [1.807, 2.05) is 42.5 Å². The number of piperidine rings is 1. The summed E-state index contributed by atoms with van der Waals surface area (Å²) in [5.41, 5.74) is 2.15. The van der Waals surface area contributed by atoms with Crippen LogP contribution in [0.1, 0.15) is 19.3 Å². The predicted molar refractivity (Wildman–Crippen MR) is 96.8 cm³/mol. The van der Waals surface area contributed by atoms with Crippen LogP contribution in [0.25, 0.3) is 17.0 Å². The molecular formula is C20H20ClN2O+. The SMILES string of the molecule is Clc1ccc(-[n+]2cc(-c3ccccc3)oc2N2CCCCC2)cc1. The molecule has 4 rings (SSSR count). The number of rotatable bonds is 3. The maximum absolute atomic E-state index is 6.28. The second-order valence-corrected chi connectivity index (χ2v) is 6.57. The summed E-state index contributed by atoms with van der Waals surface area (Å²) in [7, 11) is 0. The first kappa shape index (κ1) is 15.3. The third-order valence-electron chi connectivity index (χ3n) is 4.44. The third-order valence-corrected chi connectivity index (χ3v) is 4.70. The molecule has 24 heavy (non-hydrogen) atoms. The van der Waals surface area contributed by atoms with Gasteiger partial charge >= 0.3 is 6.01 Å². The third kappa shape index (κ3) is 3.04. The molecule has 3 nitrogen and oxygen atoms in total. The quantitative estimate of drug-likeness (QED) is 0.635. The molecule has 0 radical (unpaired) electrons. The minimum atomic E-state index is 0.741. The molecule has 2 heterocycles. The van der Waals surface area contributed by atoms with Gasteiger partial charge in [-0.1, -0.05) is 41.9 Å². The van der Waals surface area contributed by atoms with Gasteiger partial charge in [0.25, 0.3) is 0 Å². The van der Waals surface area contributed by atoms with Gasteiger partial charge in [-0.25, -0.2) is 4.90 Å². The summed E-state index contributed by atoms with van der Waals surface area (Å²) in [6.45, 7) is 2.07. The van der Waals surface area contributed by atoms with Crippen LogP contribution in [0.4, 0.5) is 6.01 Å². The maximum atomic E-state index is 6.28. The van der Waals surface area contributed by atoms with Crippen molar-refractivity contribution in [1.82, 2.24) is 0 Å². The molecule has 3 aromatic rings. The fourth-order valence-electron chi connectivity index (χ4n) is 3.17. The number of hydrogen-bond donors (Lipinski definition) is 0. The van der Waals surface area contributed by atoms with Crippen molar-refractivity contribution in [3.8, 4) is 17.0 Å². The fraction of sp³-hybridized carbons (Fsp3) is 0.250. The van der Waals surface area contributed by atoms with Gasteiger partial charge in [0.15, 0.2) is 5.76 Å². The van der Waals surface area contributed by atoms with Crippen molar-refractivity contribution >= 4 is 17.6 Å². The van der Waals surface area contributed by atoms with E-state index in [0.717, 1.165) is 41.1 Å². The molecular weight excluding hydrogens is 320 g/mol. The Bertz CT molecular complexity index is 805. The number of aromatic nitrogens is 1.